The first-order chi connectivity index (χ1) is 10.7. The van der Waals surface area contributed by atoms with E-state index in [1.165, 1.54) is 11.8 Å². The average molecular weight is 336 g/mol. The number of nitrogens with zero attached hydrogens (tertiary/aromatic N) is 2. The zero-order valence-electron chi connectivity index (χ0n) is 12.6. The van der Waals surface area contributed by atoms with Crippen LogP contribution in [0.1, 0.15) is 19.8 Å². The van der Waals surface area contributed by atoms with Gasteiger partial charge in [-0.2, -0.15) is 0 Å². The van der Waals surface area contributed by atoms with Gasteiger partial charge in [0.05, 0.1) is 16.0 Å². The molecule has 2 unspecified atom stereocenters. The fourth-order valence-electron chi connectivity index (χ4n) is 2.80. The summed E-state index contributed by atoms with van der Waals surface area (Å²) >= 11 is 3.15. The summed E-state index contributed by atoms with van der Waals surface area (Å²) in [7, 11) is 0. The molecule has 6 heteroatoms. The SMILES string of the molecule is CC1CCC(CO)CN1C(=O)CSc1nc2ccccc2s1. The molecule has 1 aliphatic rings. The Bertz CT molecular complexity index is 625. The van der Waals surface area contributed by atoms with Gasteiger partial charge in [0.15, 0.2) is 4.34 Å². The molecule has 0 aliphatic carbocycles. The molecular weight excluding hydrogens is 316 g/mol. The highest BCUT2D eigenvalue weighted by Crippen LogP contribution is 2.30. The number of carbonyl (C=O) groups excluding carboxylic acids is 1. The van der Waals surface area contributed by atoms with Gasteiger partial charge in [-0.25, -0.2) is 4.98 Å². The smallest absolute Gasteiger partial charge is 0.233 e. The summed E-state index contributed by atoms with van der Waals surface area (Å²) < 4.78 is 2.10. The Morgan fingerprint density at radius 2 is 2.27 bits per heavy atom. The van der Waals surface area contributed by atoms with Gasteiger partial charge < -0.3 is 10.0 Å². The maximum Gasteiger partial charge on any atom is 0.233 e. The van der Waals surface area contributed by atoms with Crippen molar-refractivity contribution in [2.24, 2.45) is 5.92 Å². The minimum absolute atomic E-state index is 0.148. The maximum absolute atomic E-state index is 12.5. The van der Waals surface area contributed by atoms with Crippen LogP contribution in [-0.4, -0.2) is 45.8 Å². The number of thiazole rings is 1. The van der Waals surface area contributed by atoms with E-state index in [-0.39, 0.29) is 24.5 Å². The number of benzene rings is 1. The Labute approximate surface area is 138 Å². The van der Waals surface area contributed by atoms with Gasteiger partial charge in [-0.3, -0.25) is 4.79 Å². The Hall–Kier alpha value is -1.11. The Balaban J connectivity index is 1.61. The van der Waals surface area contributed by atoms with E-state index in [2.05, 4.69) is 18.0 Å². The van der Waals surface area contributed by atoms with Crippen LogP contribution in [0, 0.1) is 5.92 Å². The number of aromatic nitrogens is 1. The Morgan fingerprint density at radius 1 is 1.45 bits per heavy atom. The van der Waals surface area contributed by atoms with E-state index >= 15 is 0 Å². The summed E-state index contributed by atoms with van der Waals surface area (Å²) in [6.07, 6.45) is 1.98. The molecule has 118 valence electrons. The number of thioether (sulfide) groups is 1. The van der Waals surface area contributed by atoms with Crippen molar-refractivity contribution < 1.29 is 9.90 Å². The van der Waals surface area contributed by atoms with Crippen LogP contribution >= 0.6 is 23.1 Å². The van der Waals surface area contributed by atoms with Gasteiger partial charge in [-0.15, -0.1) is 11.3 Å². The lowest BCUT2D eigenvalue weighted by Gasteiger charge is -2.37. The standard InChI is InChI=1S/C16H20N2O2S2/c1-11-6-7-12(9-19)8-18(11)15(20)10-21-16-17-13-4-2-3-5-14(13)22-16/h2-5,11-12,19H,6-10H2,1H3. The van der Waals surface area contributed by atoms with E-state index < -0.39 is 0 Å². The molecule has 0 bridgehead atoms. The second-order valence-electron chi connectivity index (χ2n) is 5.76. The molecule has 2 heterocycles. The largest absolute Gasteiger partial charge is 0.396 e. The Kier molecular flexibility index (Phi) is 5.00. The van der Waals surface area contributed by atoms with Gasteiger partial charge in [0.2, 0.25) is 5.91 Å². The molecule has 0 saturated carbocycles. The normalized spacial score (nSPS) is 22.2. The van der Waals surface area contributed by atoms with Crippen LogP contribution in [0.2, 0.25) is 0 Å². The second kappa shape index (κ2) is 6.98. The molecule has 0 spiro atoms. The van der Waals surface area contributed by atoms with E-state index in [0.717, 1.165) is 27.4 Å². The van der Waals surface area contributed by atoms with Gasteiger partial charge in [-0.1, -0.05) is 23.9 Å². The molecule has 3 rings (SSSR count). The third-order valence-electron chi connectivity index (χ3n) is 4.15. The van der Waals surface area contributed by atoms with Crippen molar-refractivity contribution in [1.82, 2.24) is 9.88 Å². The number of carbonyl (C=O) groups is 1. The monoisotopic (exact) mass is 336 g/mol. The number of para-hydroxylation sites is 1. The van der Waals surface area contributed by atoms with Crippen molar-refractivity contribution in [2.75, 3.05) is 18.9 Å². The predicted molar refractivity (Wildman–Crippen MR) is 91.3 cm³/mol. The quantitative estimate of drug-likeness (QED) is 0.872. The summed E-state index contributed by atoms with van der Waals surface area (Å²) in [5, 5.41) is 9.31. The number of rotatable bonds is 4. The second-order valence-corrected chi connectivity index (χ2v) is 8.01. The molecule has 2 aromatic rings. The van der Waals surface area contributed by atoms with E-state index in [1.807, 2.05) is 23.1 Å². The van der Waals surface area contributed by atoms with E-state index in [4.69, 9.17) is 0 Å². The van der Waals surface area contributed by atoms with E-state index in [1.54, 1.807) is 11.3 Å². The predicted octanol–water partition coefficient (Wildman–Crippen LogP) is 3.01. The summed E-state index contributed by atoms with van der Waals surface area (Å²) in [6.45, 7) is 2.94. The minimum atomic E-state index is 0.148. The van der Waals surface area contributed by atoms with E-state index in [0.29, 0.717) is 12.3 Å². The average Bonchev–Trinajstić information content (AvgIpc) is 2.96. The fraction of sp³-hybridized carbons (Fsp3) is 0.500. The molecule has 1 aromatic heterocycles. The highest BCUT2D eigenvalue weighted by Gasteiger charge is 2.28. The number of hydrogen-bond donors (Lipinski definition) is 1. The van der Waals surface area contributed by atoms with Gasteiger partial charge in [0, 0.05) is 19.2 Å². The molecule has 22 heavy (non-hydrogen) atoms. The molecule has 1 saturated heterocycles. The van der Waals surface area contributed by atoms with E-state index in [9.17, 15) is 9.90 Å². The first kappa shape index (κ1) is 15.8. The van der Waals surface area contributed by atoms with Crippen molar-refractivity contribution in [3.8, 4) is 0 Å². The first-order valence-corrected chi connectivity index (χ1v) is 9.36. The molecule has 1 aliphatic heterocycles. The van der Waals surface area contributed by atoms with Crippen molar-refractivity contribution >= 4 is 39.2 Å². The van der Waals surface area contributed by atoms with Crippen molar-refractivity contribution in [3.05, 3.63) is 24.3 Å². The summed E-state index contributed by atoms with van der Waals surface area (Å²) in [4.78, 5) is 18.9. The third kappa shape index (κ3) is 3.45. The third-order valence-corrected chi connectivity index (χ3v) is 6.32. The van der Waals surface area contributed by atoms with Crippen molar-refractivity contribution in [2.45, 2.75) is 30.1 Å². The number of aliphatic hydroxyl groups excluding tert-OH is 1. The van der Waals surface area contributed by atoms with Gasteiger partial charge in [0.1, 0.15) is 0 Å². The van der Waals surface area contributed by atoms with Crippen LogP contribution in [-0.2, 0) is 4.79 Å². The molecule has 2 atom stereocenters. The number of hydrogen-bond acceptors (Lipinski definition) is 5. The molecule has 1 aromatic carbocycles. The molecule has 1 fully saturated rings. The topological polar surface area (TPSA) is 53.4 Å². The lowest BCUT2D eigenvalue weighted by atomic mass is 9.94. The lowest BCUT2D eigenvalue weighted by molar-refractivity contribution is -0.133. The van der Waals surface area contributed by atoms with Crippen molar-refractivity contribution in [3.63, 3.8) is 0 Å². The molecule has 1 amide bonds. The first-order valence-electron chi connectivity index (χ1n) is 7.56. The van der Waals surface area contributed by atoms with Crippen LogP contribution in [0.4, 0.5) is 0 Å². The highest BCUT2D eigenvalue weighted by atomic mass is 32.2. The molecule has 0 radical (unpaired) electrons. The highest BCUT2D eigenvalue weighted by molar-refractivity contribution is 8.01. The zero-order valence-corrected chi connectivity index (χ0v) is 14.2. The number of amides is 1. The van der Waals surface area contributed by atoms with Crippen LogP contribution in [0.15, 0.2) is 28.6 Å². The molecule has 4 nitrogen and oxygen atoms in total. The molecular formula is C16H20N2O2S2. The summed E-state index contributed by atoms with van der Waals surface area (Å²) in [5.41, 5.74) is 0.995. The molecule has 1 N–H and O–H groups in total. The summed E-state index contributed by atoms with van der Waals surface area (Å²) in [6, 6.07) is 8.30. The maximum atomic E-state index is 12.5. The Morgan fingerprint density at radius 3 is 3.05 bits per heavy atom. The fourth-order valence-corrected chi connectivity index (χ4v) is 4.75. The minimum Gasteiger partial charge on any atom is -0.396 e. The van der Waals surface area contributed by atoms with Gasteiger partial charge in [0.25, 0.3) is 0 Å². The zero-order chi connectivity index (χ0) is 15.5. The lowest BCUT2D eigenvalue weighted by Crippen LogP contribution is -2.47. The van der Waals surface area contributed by atoms with Gasteiger partial charge in [-0.05, 0) is 37.8 Å². The van der Waals surface area contributed by atoms with Crippen LogP contribution in [0.3, 0.4) is 0 Å². The van der Waals surface area contributed by atoms with Gasteiger partial charge >= 0.3 is 0 Å². The number of aliphatic hydroxyl groups is 1. The van der Waals surface area contributed by atoms with Crippen LogP contribution in [0.5, 0.6) is 0 Å². The van der Waals surface area contributed by atoms with Crippen molar-refractivity contribution in [1.29, 1.82) is 0 Å². The number of piperidine rings is 1. The number of likely N-dealkylation sites (tertiary alicyclic amines) is 1. The van der Waals surface area contributed by atoms with Crippen LogP contribution in [0.25, 0.3) is 10.2 Å². The van der Waals surface area contributed by atoms with Crippen LogP contribution < -0.4 is 0 Å². The summed E-state index contributed by atoms with van der Waals surface area (Å²) in [5.74, 6) is 0.796. The number of fused-ring (bicyclic) bond motifs is 1.